The summed E-state index contributed by atoms with van der Waals surface area (Å²) in [5.41, 5.74) is -0.500. The second-order valence-corrected chi connectivity index (χ2v) is 7.42. The van der Waals surface area contributed by atoms with Crippen molar-refractivity contribution in [2.24, 2.45) is 0 Å². The molecule has 3 rings (SSSR count). The quantitative estimate of drug-likeness (QED) is 0.590. The second-order valence-electron chi connectivity index (χ2n) is 5.98. The van der Waals surface area contributed by atoms with Crippen molar-refractivity contribution in [3.05, 3.63) is 68.6 Å². The minimum absolute atomic E-state index is 0.130. The van der Waals surface area contributed by atoms with Crippen LogP contribution >= 0.6 is 22.9 Å². The van der Waals surface area contributed by atoms with E-state index in [0.29, 0.717) is 4.68 Å². The number of halogens is 4. The number of benzene rings is 1. The molecule has 142 valence electrons. The van der Waals surface area contributed by atoms with Crippen LogP contribution in [-0.2, 0) is 12.7 Å². The summed E-state index contributed by atoms with van der Waals surface area (Å²) in [4.78, 5) is 14.9. The lowest BCUT2D eigenvalue weighted by Crippen LogP contribution is -2.28. The Kier molecular flexibility index (Phi) is 5.30. The predicted molar refractivity (Wildman–Crippen MR) is 98.4 cm³/mol. The molecule has 0 fully saturated rings. The highest BCUT2D eigenvalue weighted by molar-refractivity contribution is 7.10. The lowest BCUT2D eigenvalue weighted by atomic mass is 10.2. The number of hydrogen-bond donors (Lipinski definition) is 0. The number of thiophene rings is 1. The smallest absolute Gasteiger partial charge is 0.336 e. The van der Waals surface area contributed by atoms with E-state index >= 15 is 0 Å². The van der Waals surface area contributed by atoms with Crippen LogP contribution in [0.5, 0.6) is 0 Å². The SMILES string of the molecule is Cc1ccsc1CN(C)C(=O)c1cnn(-c2cccc(Cl)c2)c1C(F)(F)F. The van der Waals surface area contributed by atoms with Crippen molar-refractivity contribution in [3.63, 3.8) is 0 Å². The maximum Gasteiger partial charge on any atom is 0.434 e. The molecule has 0 radical (unpaired) electrons. The highest BCUT2D eigenvalue weighted by Crippen LogP contribution is 2.34. The molecule has 9 heteroatoms. The topological polar surface area (TPSA) is 38.1 Å². The molecule has 0 aliphatic carbocycles. The molecule has 2 aromatic heterocycles. The number of aromatic nitrogens is 2. The molecule has 0 N–H and O–H groups in total. The largest absolute Gasteiger partial charge is 0.434 e. The Balaban J connectivity index is 2.00. The normalized spacial score (nSPS) is 11.6. The van der Waals surface area contributed by atoms with Crippen molar-refractivity contribution in [1.82, 2.24) is 14.7 Å². The lowest BCUT2D eigenvalue weighted by Gasteiger charge is -2.18. The summed E-state index contributed by atoms with van der Waals surface area (Å²) in [6.45, 7) is 2.12. The summed E-state index contributed by atoms with van der Waals surface area (Å²) in [7, 11) is 1.47. The van der Waals surface area contributed by atoms with Gasteiger partial charge in [-0.2, -0.15) is 18.3 Å². The third-order valence-electron chi connectivity index (χ3n) is 4.02. The van der Waals surface area contributed by atoms with Crippen molar-refractivity contribution < 1.29 is 18.0 Å². The molecule has 0 spiro atoms. The molecule has 27 heavy (non-hydrogen) atoms. The van der Waals surface area contributed by atoms with E-state index in [-0.39, 0.29) is 17.3 Å². The Hall–Kier alpha value is -2.32. The Bertz CT molecular complexity index is 980. The molecule has 0 aliphatic heterocycles. The average molecular weight is 414 g/mol. The third-order valence-corrected chi connectivity index (χ3v) is 5.26. The van der Waals surface area contributed by atoms with Gasteiger partial charge in [0.25, 0.3) is 5.91 Å². The van der Waals surface area contributed by atoms with Gasteiger partial charge in [0, 0.05) is 16.9 Å². The average Bonchev–Trinajstić information content (AvgIpc) is 3.20. The van der Waals surface area contributed by atoms with Crippen molar-refractivity contribution in [2.75, 3.05) is 7.05 Å². The third kappa shape index (κ3) is 4.01. The Morgan fingerprint density at radius 1 is 1.33 bits per heavy atom. The Morgan fingerprint density at radius 3 is 2.67 bits per heavy atom. The number of carbonyl (C=O) groups is 1. The Morgan fingerprint density at radius 2 is 2.07 bits per heavy atom. The van der Waals surface area contributed by atoms with E-state index in [9.17, 15) is 18.0 Å². The molecule has 0 saturated carbocycles. The fourth-order valence-electron chi connectivity index (χ4n) is 2.64. The fourth-order valence-corrected chi connectivity index (χ4v) is 3.78. The summed E-state index contributed by atoms with van der Waals surface area (Å²) >= 11 is 7.33. The van der Waals surface area contributed by atoms with Crippen LogP contribution in [0.3, 0.4) is 0 Å². The zero-order valence-electron chi connectivity index (χ0n) is 14.4. The molecule has 3 aromatic rings. The van der Waals surface area contributed by atoms with Crippen molar-refractivity contribution in [3.8, 4) is 5.69 Å². The number of alkyl halides is 3. The van der Waals surface area contributed by atoms with Gasteiger partial charge >= 0.3 is 6.18 Å². The van der Waals surface area contributed by atoms with Gasteiger partial charge in [-0.1, -0.05) is 17.7 Å². The first-order valence-corrected chi connectivity index (χ1v) is 9.14. The van der Waals surface area contributed by atoms with Crippen LogP contribution in [0.2, 0.25) is 5.02 Å². The maximum absolute atomic E-state index is 13.7. The number of amides is 1. The number of aryl methyl sites for hydroxylation is 1. The minimum Gasteiger partial charge on any atom is -0.336 e. The molecule has 0 saturated heterocycles. The first-order chi connectivity index (χ1) is 12.7. The van der Waals surface area contributed by atoms with Gasteiger partial charge in [0.2, 0.25) is 0 Å². The fraction of sp³-hybridized carbons (Fsp3) is 0.222. The zero-order chi connectivity index (χ0) is 19.8. The summed E-state index contributed by atoms with van der Waals surface area (Å²) in [5.74, 6) is -0.747. The van der Waals surface area contributed by atoms with E-state index < -0.39 is 23.3 Å². The van der Waals surface area contributed by atoms with Crippen molar-refractivity contribution in [1.29, 1.82) is 0 Å². The predicted octanol–water partition coefficient (Wildman–Crippen LogP) is 5.19. The second kappa shape index (κ2) is 7.36. The van der Waals surface area contributed by atoms with Crippen LogP contribution in [0.25, 0.3) is 5.69 Å². The van der Waals surface area contributed by atoms with Crippen LogP contribution in [0.1, 0.15) is 26.5 Å². The molecule has 0 bridgehead atoms. The van der Waals surface area contributed by atoms with Crippen molar-refractivity contribution in [2.45, 2.75) is 19.6 Å². The van der Waals surface area contributed by atoms with E-state index in [2.05, 4.69) is 5.10 Å². The van der Waals surface area contributed by atoms with Crippen LogP contribution in [0.15, 0.2) is 41.9 Å². The molecule has 0 unspecified atom stereocenters. The first-order valence-electron chi connectivity index (χ1n) is 7.88. The molecule has 1 amide bonds. The van der Waals surface area contributed by atoms with Gasteiger partial charge in [0.05, 0.1) is 24.0 Å². The van der Waals surface area contributed by atoms with E-state index in [1.807, 2.05) is 18.4 Å². The first kappa shape index (κ1) is 19.4. The van der Waals surface area contributed by atoms with Gasteiger partial charge in [-0.3, -0.25) is 4.79 Å². The number of nitrogens with zero attached hydrogens (tertiary/aromatic N) is 3. The summed E-state index contributed by atoms with van der Waals surface area (Å²) in [6, 6.07) is 7.77. The summed E-state index contributed by atoms with van der Waals surface area (Å²) in [6.07, 6.45) is -3.81. The van der Waals surface area contributed by atoms with Gasteiger partial charge in [-0.05, 0) is 42.1 Å². The number of hydrogen-bond acceptors (Lipinski definition) is 3. The molecule has 0 aliphatic rings. The van der Waals surface area contributed by atoms with Gasteiger partial charge in [-0.25, -0.2) is 4.68 Å². The van der Waals surface area contributed by atoms with Crippen LogP contribution in [-0.4, -0.2) is 27.6 Å². The van der Waals surface area contributed by atoms with E-state index in [1.165, 1.54) is 41.5 Å². The molecular weight excluding hydrogens is 399 g/mol. The number of rotatable bonds is 4. The van der Waals surface area contributed by atoms with Crippen LogP contribution < -0.4 is 0 Å². The maximum atomic E-state index is 13.7. The van der Waals surface area contributed by atoms with Crippen molar-refractivity contribution >= 4 is 28.8 Å². The highest BCUT2D eigenvalue weighted by Gasteiger charge is 2.41. The highest BCUT2D eigenvalue weighted by atomic mass is 35.5. The van der Waals surface area contributed by atoms with E-state index in [4.69, 9.17) is 11.6 Å². The monoisotopic (exact) mass is 413 g/mol. The summed E-state index contributed by atoms with van der Waals surface area (Å²) in [5, 5.41) is 5.95. The lowest BCUT2D eigenvalue weighted by molar-refractivity contribution is -0.143. The van der Waals surface area contributed by atoms with Gasteiger partial charge in [0.15, 0.2) is 5.69 Å². The zero-order valence-corrected chi connectivity index (χ0v) is 16.0. The molecule has 4 nitrogen and oxygen atoms in total. The molecular formula is C18H15ClF3N3OS. The van der Waals surface area contributed by atoms with E-state index in [0.717, 1.165) is 16.6 Å². The molecule has 1 aromatic carbocycles. The van der Waals surface area contributed by atoms with Gasteiger partial charge in [0.1, 0.15) is 0 Å². The minimum atomic E-state index is -4.76. The van der Waals surface area contributed by atoms with Gasteiger partial charge in [-0.15, -0.1) is 11.3 Å². The van der Waals surface area contributed by atoms with E-state index in [1.54, 1.807) is 6.07 Å². The number of carbonyl (C=O) groups excluding carboxylic acids is 1. The van der Waals surface area contributed by atoms with Crippen LogP contribution in [0.4, 0.5) is 13.2 Å². The molecule has 0 atom stereocenters. The molecule has 2 heterocycles. The summed E-state index contributed by atoms with van der Waals surface area (Å²) < 4.78 is 41.9. The standard InChI is InChI=1S/C18H15ClF3N3OS/c1-11-6-7-27-15(11)10-24(2)17(26)14-9-23-25(16(14)18(20,21)22)13-5-3-4-12(19)8-13/h3-9H,10H2,1-2H3. The van der Waals surface area contributed by atoms with Crippen LogP contribution in [0, 0.1) is 6.92 Å². The Labute approximate surface area is 162 Å². The van der Waals surface area contributed by atoms with Gasteiger partial charge < -0.3 is 4.90 Å².